The molecule has 2 nitrogen and oxygen atoms in total. The van der Waals surface area contributed by atoms with Crippen LogP contribution in [0, 0.1) is 0 Å². The van der Waals surface area contributed by atoms with Gasteiger partial charge >= 0.3 is 0 Å². The topological polar surface area (TPSA) is 15.3 Å². The summed E-state index contributed by atoms with van der Waals surface area (Å²) in [7, 11) is 4.21. The summed E-state index contributed by atoms with van der Waals surface area (Å²) in [6.07, 6.45) is 8.12. The number of nitrogens with one attached hydrogen (secondary N) is 1. The van der Waals surface area contributed by atoms with E-state index in [1.54, 1.807) is 0 Å². The third-order valence-corrected chi connectivity index (χ3v) is 4.40. The van der Waals surface area contributed by atoms with Crippen LogP contribution < -0.4 is 10.2 Å². The summed E-state index contributed by atoms with van der Waals surface area (Å²) in [5.41, 5.74) is 2.62. The van der Waals surface area contributed by atoms with E-state index in [2.05, 4.69) is 29.4 Å². The highest BCUT2D eigenvalue weighted by Crippen LogP contribution is 2.30. The molecule has 0 aromatic heterocycles. The molecule has 0 unspecified atom stereocenters. The van der Waals surface area contributed by atoms with Gasteiger partial charge in [0.05, 0.1) is 0 Å². The van der Waals surface area contributed by atoms with Crippen LogP contribution in [0.2, 0.25) is 5.02 Å². The second-order valence-electron chi connectivity index (χ2n) is 5.56. The van der Waals surface area contributed by atoms with Crippen molar-refractivity contribution in [3.05, 3.63) is 28.8 Å². The highest BCUT2D eigenvalue weighted by atomic mass is 35.5. The molecule has 1 aromatic carbocycles. The van der Waals surface area contributed by atoms with E-state index in [1.807, 2.05) is 13.1 Å². The number of hydrogen-bond acceptors (Lipinski definition) is 2. The molecule has 0 aliphatic heterocycles. The fourth-order valence-corrected chi connectivity index (χ4v) is 3.21. The Labute approximate surface area is 122 Å². The maximum atomic E-state index is 6.19. The molecule has 1 aliphatic rings. The minimum Gasteiger partial charge on any atom is -0.371 e. The van der Waals surface area contributed by atoms with E-state index in [1.165, 1.54) is 49.8 Å². The molecule has 0 heterocycles. The normalized spacial score (nSPS) is 17.2. The first-order valence-electron chi connectivity index (χ1n) is 7.38. The zero-order valence-corrected chi connectivity index (χ0v) is 12.8. The van der Waals surface area contributed by atoms with Gasteiger partial charge in [0.15, 0.2) is 0 Å². The summed E-state index contributed by atoms with van der Waals surface area (Å²) >= 11 is 6.19. The van der Waals surface area contributed by atoms with Gasteiger partial charge in [0, 0.05) is 30.3 Å². The number of anilines is 1. The third kappa shape index (κ3) is 3.87. The number of hydrogen-bond donors (Lipinski definition) is 1. The number of benzene rings is 1. The molecule has 0 amide bonds. The highest BCUT2D eigenvalue weighted by molar-refractivity contribution is 6.30. The van der Waals surface area contributed by atoms with E-state index in [4.69, 9.17) is 11.6 Å². The Bertz CT molecular complexity index is 398. The lowest BCUT2D eigenvalue weighted by Gasteiger charge is -2.31. The smallest absolute Gasteiger partial charge is 0.0426 e. The van der Waals surface area contributed by atoms with Gasteiger partial charge in [-0.1, -0.05) is 43.4 Å². The maximum absolute atomic E-state index is 6.19. The molecule has 1 fully saturated rings. The second-order valence-corrected chi connectivity index (χ2v) is 6.00. The maximum Gasteiger partial charge on any atom is 0.0426 e. The molecule has 1 N–H and O–H groups in total. The molecular formula is C16H25ClN2. The van der Waals surface area contributed by atoms with Gasteiger partial charge in [-0.25, -0.2) is 0 Å². The van der Waals surface area contributed by atoms with Crippen molar-refractivity contribution >= 4 is 17.3 Å². The molecule has 19 heavy (non-hydrogen) atoms. The van der Waals surface area contributed by atoms with Crippen molar-refractivity contribution in [3.63, 3.8) is 0 Å². The van der Waals surface area contributed by atoms with Gasteiger partial charge in [-0.15, -0.1) is 0 Å². The zero-order valence-electron chi connectivity index (χ0n) is 12.1. The van der Waals surface area contributed by atoms with Crippen molar-refractivity contribution in [1.29, 1.82) is 0 Å². The molecule has 0 atom stereocenters. The first-order valence-corrected chi connectivity index (χ1v) is 7.76. The molecule has 1 saturated carbocycles. The predicted octanol–water partition coefficient (Wildman–Crippen LogP) is 4.22. The van der Waals surface area contributed by atoms with Crippen LogP contribution in [-0.2, 0) is 6.54 Å². The summed E-state index contributed by atoms with van der Waals surface area (Å²) in [5.74, 6) is 0. The van der Waals surface area contributed by atoms with E-state index in [-0.39, 0.29) is 0 Å². The summed E-state index contributed by atoms with van der Waals surface area (Å²) in [6, 6.07) is 6.90. The monoisotopic (exact) mass is 280 g/mol. The van der Waals surface area contributed by atoms with Crippen LogP contribution in [-0.4, -0.2) is 20.1 Å². The molecule has 0 spiro atoms. The Morgan fingerprint density at radius 1 is 1.21 bits per heavy atom. The lowest BCUT2D eigenvalue weighted by molar-refractivity contribution is 0.551. The largest absolute Gasteiger partial charge is 0.371 e. The number of nitrogens with zero attached hydrogens (tertiary/aromatic N) is 1. The van der Waals surface area contributed by atoms with Crippen LogP contribution in [0.25, 0.3) is 0 Å². The van der Waals surface area contributed by atoms with Crippen molar-refractivity contribution in [1.82, 2.24) is 5.32 Å². The van der Waals surface area contributed by atoms with Crippen LogP contribution >= 0.6 is 11.6 Å². The summed E-state index contributed by atoms with van der Waals surface area (Å²) < 4.78 is 0. The minimum atomic E-state index is 0.663. The molecule has 2 rings (SSSR count). The van der Waals surface area contributed by atoms with Crippen molar-refractivity contribution in [2.75, 3.05) is 19.0 Å². The van der Waals surface area contributed by atoms with Gasteiger partial charge in [-0.2, -0.15) is 0 Å². The Hall–Kier alpha value is -0.730. The van der Waals surface area contributed by atoms with Crippen LogP contribution in [0.4, 0.5) is 5.69 Å². The van der Waals surface area contributed by atoms with Crippen LogP contribution in [0.3, 0.4) is 0 Å². The van der Waals surface area contributed by atoms with Crippen molar-refractivity contribution in [2.45, 2.75) is 51.1 Å². The zero-order chi connectivity index (χ0) is 13.7. The Morgan fingerprint density at radius 3 is 2.53 bits per heavy atom. The highest BCUT2D eigenvalue weighted by Gasteiger charge is 2.19. The molecule has 106 valence electrons. The van der Waals surface area contributed by atoms with Gasteiger partial charge in [-0.05, 0) is 37.6 Å². The quantitative estimate of drug-likeness (QED) is 0.831. The van der Waals surface area contributed by atoms with Gasteiger partial charge in [0.1, 0.15) is 0 Å². The molecule has 0 radical (unpaired) electrons. The van der Waals surface area contributed by atoms with Gasteiger partial charge in [-0.3, -0.25) is 0 Å². The number of halogens is 1. The van der Waals surface area contributed by atoms with Gasteiger partial charge in [0.2, 0.25) is 0 Å². The fraction of sp³-hybridized carbons (Fsp3) is 0.625. The average molecular weight is 281 g/mol. The lowest BCUT2D eigenvalue weighted by atomic mass is 10.0. The van der Waals surface area contributed by atoms with E-state index < -0.39 is 0 Å². The fourth-order valence-electron chi connectivity index (χ4n) is 3.05. The molecular weight excluding hydrogens is 256 g/mol. The van der Waals surface area contributed by atoms with Gasteiger partial charge < -0.3 is 10.2 Å². The van der Waals surface area contributed by atoms with E-state index in [0.29, 0.717) is 6.04 Å². The molecule has 1 aliphatic carbocycles. The second kappa shape index (κ2) is 7.16. The van der Waals surface area contributed by atoms with Gasteiger partial charge in [0.25, 0.3) is 0 Å². The third-order valence-electron chi connectivity index (χ3n) is 4.17. The Kier molecular flexibility index (Phi) is 5.53. The average Bonchev–Trinajstić information content (AvgIpc) is 2.69. The van der Waals surface area contributed by atoms with Crippen molar-refractivity contribution < 1.29 is 0 Å². The molecule has 1 aromatic rings. The van der Waals surface area contributed by atoms with Crippen LogP contribution in [0.15, 0.2) is 18.2 Å². The SMILES string of the molecule is CNCc1ccc(Cl)cc1N(C)C1CCCCCC1. The first kappa shape index (κ1) is 14.7. The summed E-state index contributed by atoms with van der Waals surface area (Å²) in [5, 5.41) is 4.07. The van der Waals surface area contributed by atoms with Crippen molar-refractivity contribution in [3.8, 4) is 0 Å². The van der Waals surface area contributed by atoms with E-state index in [9.17, 15) is 0 Å². The Morgan fingerprint density at radius 2 is 1.89 bits per heavy atom. The number of rotatable bonds is 4. The summed E-state index contributed by atoms with van der Waals surface area (Å²) in [4.78, 5) is 2.45. The van der Waals surface area contributed by atoms with Crippen LogP contribution in [0.5, 0.6) is 0 Å². The standard InChI is InChI=1S/C16H25ClN2/c1-18-12-13-9-10-14(17)11-16(13)19(2)15-7-5-3-4-6-8-15/h9-11,15,18H,3-8,12H2,1-2H3. The predicted molar refractivity (Wildman–Crippen MR) is 84.1 cm³/mol. The molecule has 0 bridgehead atoms. The van der Waals surface area contributed by atoms with E-state index in [0.717, 1.165) is 11.6 Å². The summed E-state index contributed by atoms with van der Waals surface area (Å²) in [6.45, 7) is 0.892. The molecule has 3 heteroatoms. The molecule has 0 saturated heterocycles. The van der Waals surface area contributed by atoms with Crippen molar-refractivity contribution in [2.24, 2.45) is 0 Å². The minimum absolute atomic E-state index is 0.663. The Balaban J connectivity index is 2.20. The lowest BCUT2D eigenvalue weighted by Crippen LogP contribution is -2.32. The van der Waals surface area contributed by atoms with E-state index >= 15 is 0 Å². The first-order chi connectivity index (χ1) is 9.22. The van der Waals surface area contributed by atoms with Crippen LogP contribution in [0.1, 0.15) is 44.1 Å².